The number of hydrogen-bond acceptors (Lipinski definition) is 2. The highest BCUT2D eigenvalue weighted by molar-refractivity contribution is 7.10. The lowest BCUT2D eigenvalue weighted by atomic mass is 10.3. The minimum atomic E-state index is -0.555. The van der Waals surface area contributed by atoms with Crippen LogP contribution in [0.25, 0.3) is 0 Å². The highest BCUT2D eigenvalue weighted by Gasteiger charge is 2.09. The molecule has 0 bridgehead atoms. The Morgan fingerprint density at radius 2 is 2.50 bits per heavy atom. The molecule has 56 valence electrons. The number of hydrogen-bond donors (Lipinski definition) is 1. The lowest BCUT2D eigenvalue weighted by Gasteiger charge is -2.02. The standard InChI is InChI=1S/C6H7ClFNS/c7-4-1-2-10-6(4)5(9)3-8/h1-2,5H,3,9H2/t5-/m1/s1. The second-order valence-electron chi connectivity index (χ2n) is 1.89. The first-order valence-electron chi connectivity index (χ1n) is 2.80. The normalized spacial score (nSPS) is 13.5. The van der Waals surface area contributed by atoms with Crippen molar-refractivity contribution in [1.29, 1.82) is 0 Å². The summed E-state index contributed by atoms with van der Waals surface area (Å²) in [6.45, 7) is -0.555. The van der Waals surface area contributed by atoms with Crippen LogP contribution in [0.3, 0.4) is 0 Å². The van der Waals surface area contributed by atoms with E-state index in [2.05, 4.69) is 0 Å². The van der Waals surface area contributed by atoms with Crippen molar-refractivity contribution < 1.29 is 4.39 Å². The van der Waals surface area contributed by atoms with Crippen molar-refractivity contribution in [1.82, 2.24) is 0 Å². The van der Waals surface area contributed by atoms with Gasteiger partial charge in [-0.15, -0.1) is 11.3 Å². The van der Waals surface area contributed by atoms with Crippen LogP contribution in [0.4, 0.5) is 4.39 Å². The summed E-state index contributed by atoms with van der Waals surface area (Å²) in [5.41, 5.74) is 5.39. The second-order valence-corrected chi connectivity index (χ2v) is 3.25. The fraction of sp³-hybridized carbons (Fsp3) is 0.333. The Balaban J connectivity index is 2.82. The molecule has 0 saturated carbocycles. The molecule has 0 aromatic carbocycles. The zero-order valence-electron chi connectivity index (χ0n) is 5.18. The summed E-state index contributed by atoms with van der Waals surface area (Å²) in [5.74, 6) is 0. The lowest BCUT2D eigenvalue weighted by molar-refractivity contribution is 0.440. The predicted octanol–water partition coefficient (Wildman–Crippen LogP) is 2.37. The molecule has 0 unspecified atom stereocenters. The van der Waals surface area contributed by atoms with Crippen LogP contribution in [0.2, 0.25) is 5.02 Å². The highest BCUT2D eigenvalue weighted by Crippen LogP contribution is 2.27. The fourth-order valence-corrected chi connectivity index (χ4v) is 1.82. The quantitative estimate of drug-likeness (QED) is 0.741. The van der Waals surface area contributed by atoms with Crippen molar-refractivity contribution in [3.8, 4) is 0 Å². The smallest absolute Gasteiger partial charge is 0.110 e. The summed E-state index contributed by atoms with van der Waals surface area (Å²) in [7, 11) is 0. The zero-order chi connectivity index (χ0) is 7.56. The van der Waals surface area contributed by atoms with Crippen molar-refractivity contribution in [3.63, 3.8) is 0 Å². The molecule has 0 aliphatic rings. The van der Waals surface area contributed by atoms with Gasteiger partial charge in [0, 0.05) is 4.88 Å². The zero-order valence-corrected chi connectivity index (χ0v) is 6.75. The summed E-state index contributed by atoms with van der Waals surface area (Å²) in [6, 6.07) is 1.17. The minimum Gasteiger partial charge on any atom is -0.321 e. The van der Waals surface area contributed by atoms with Gasteiger partial charge in [0.1, 0.15) is 6.67 Å². The minimum absolute atomic E-state index is 0.549. The first kappa shape index (κ1) is 7.98. The van der Waals surface area contributed by atoms with E-state index in [9.17, 15) is 4.39 Å². The van der Waals surface area contributed by atoms with Crippen LogP contribution >= 0.6 is 22.9 Å². The molecule has 1 aromatic heterocycles. The maximum absolute atomic E-state index is 12.0. The van der Waals surface area contributed by atoms with E-state index in [1.165, 1.54) is 11.3 Å². The molecule has 0 amide bonds. The molecule has 0 spiro atoms. The Bertz CT molecular complexity index is 213. The van der Waals surface area contributed by atoms with E-state index >= 15 is 0 Å². The first-order valence-corrected chi connectivity index (χ1v) is 4.06. The molecule has 1 nitrogen and oxygen atoms in total. The van der Waals surface area contributed by atoms with Crippen LogP contribution in [-0.2, 0) is 0 Å². The van der Waals surface area contributed by atoms with Crippen LogP contribution in [0.5, 0.6) is 0 Å². The Kier molecular flexibility index (Phi) is 2.65. The van der Waals surface area contributed by atoms with E-state index in [4.69, 9.17) is 17.3 Å². The maximum Gasteiger partial charge on any atom is 0.110 e. The number of nitrogens with two attached hydrogens (primary N) is 1. The maximum atomic E-state index is 12.0. The first-order chi connectivity index (χ1) is 4.75. The summed E-state index contributed by atoms with van der Waals surface area (Å²) < 4.78 is 12.0. The molecule has 0 aliphatic carbocycles. The summed E-state index contributed by atoms with van der Waals surface area (Å²) in [6.07, 6.45) is 0. The Hall–Kier alpha value is -0.120. The van der Waals surface area contributed by atoms with Crippen LogP contribution < -0.4 is 5.73 Å². The van der Waals surface area contributed by atoms with E-state index in [1.54, 1.807) is 11.4 Å². The third-order valence-electron chi connectivity index (χ3n) is 1.15. The molecule has 0 radical (unpaired) electrons. The molecule has 0 fully saturated rings. The number of halogens is 2. The summed E-state index contributed by atoms with van der Waals surface area (Å²) in [4.78, 5) is 0.726. The molecular weight excluding hydrogens is 173 g/mol. The van der Waals surface area contributed by atoms with Gasteiger partial charge in [0.05, 0.1) is 11.1 Å². The molecule has 1 heterocycles. The topological polar surface area (TPSA) is 26.0 Å². The van der Waals surface area contributed by atoms with Gasteiger partial charge in [-0.3, -0.25) is 0 Å². The average molecular weight is 180 g/mol. The van der Waals surface area contributed by atoms with Gasteiger partial charge < -0.3 is 5.73 Å². The molecular formula is C6H7ClFNS. The Morgan fingerprint density at radius 3 is 2.90 bits per heavy atom. The Labute approximate surface area is 67.6 Å². The van der Waals surface area contributed by atoms with Gasteiger partial charge in [-0.1, -0.05) is 11.6 Å². The van der Waals surface area contributed by atoms with E-state index in [1.807, 2.05) is 0 Å². The monoisotopic (exact) mass is 179 g/mol. The third-order valence-corrected chi connectivity index (χ3v) is 2.64. The predicted molar refractivity (Wildman–Crippen MR) is 42.2 cm³/mol. The third kappa shape index (κ3) is 1.48. The number of thiophene rings is 1. The molecule has 2 N–H and O–H groups in total. The van der Waals surface area contributed by atoms with Crippen molar-refractivity contribution in [2.75, 3.05) is 6.67 Å². The molecule has 4 heteroatoms. The second kappa shape index (κ2) is 3.32. The molecule has 1 rings (SSSR count). The van der Waals surface area contributed by atoms with Crippen LogP contribution in [0.1, 0.15) is 10.9 Å². The van der Waals surface area contributed by atoms with Gasteiger partial charge in [-0.05, 0) is 11.4 Å². The largest absolute Gasteiger partial charge is 0.321 e. The van der Waals surface area contributed by atoms with Crippen molar-refractivity contribution >= 4 is 22.9 Å². The molecule has 10 heavy (non-hydrogen) atoms. The summed E-state index contributed by atoms with van der Waals surface area (Å²) in [5, 5.41) is 2.36. The SMILES string of the molecule is N[C@H](CF)c1sccc1Cl. The van der Waals surface area contributed by atoms with Crippen LogP contribution in [0, 0.1) is 0 Å². The van der Waals surface area contributed by atoms with Gasteiger partial charge in [0.15, 0.2) is 0 Å². The van der Waals surface area contributed by atoms with Gasteiger partial charge in [0.25, 0.3) is 0 Å². The average Bonchev–Trinajstić information content (AvgIpc) is 2.34. The van der Waals surface area contributed by atoms with Crippen LogP contribution in [-0.4, -0.2) is 6.67 Å². The molecule has 1 atom stereocenters. The van der Waals surface area contributed by atoms with E-state index < -0.39 is 12.7 Å². The number of alkyl halides is 1. The lowest BCUT2D eigenvalue weighted by Crippen LogP contribution is -2.10. The molecule has 0 saturated heterocycles. The van der Waals surface area contributed by atoms with Gasteiger partial charge in [-0.2, -0.15) is 0 Å². The number of rotatable bonds is 2. The van der Waals surface area contributed by atoms with E-state index in [0.717, 1.165) is 4.88 Å². The van der Waals surface area contributed by atoms with E-state index in [0.29, 0.717) is 5.02 Å². The van der Waals surface area contributed by atoms with Crippen LogP contribution in [0.15, 0.2) is 11.4 Å². The van der Waals surface area contributed by atoms with Crippen molar-refractivity contribution in [2.45, 2.75) is 6.04 Å². The highest BCUT2D eigenvalue weighted by atomic mass is 35.5. The van der Waals surface area contributed by atoms with Gasteiger partial charge >= 0.3 is 0 Å². The summed E-state index contributed by atoms with van der Waals surface area (Å²) >= 11 is 7.06. The van der Waals surface area contributed by atoms with Crippen molar-refractivity contribution in [2.24, 2.45) is 5.73 Å². The molecule has 0 aliphatic heterocycles. The van der Waals surface area contributed by atoms with Gasteiger partial charge in [-0.25, -0.2) is 4.39 Å². The van der Waals surface area contributed by atoms with E-state index in [-0.39, 0.29) is 0 Å². The molecule has 1 aromatic rings. The van der Waals surface area contributed by atoms with Gasteiger partial charge in [0.2, 0.25) is 0 Å². The van der Waals surface area contributed by atoms with Crippen molar-refractivity contribution in [3.05, 3.63) is 21.3 Å². The fourth-order valence-electron chi connectivity index (χ4n) is 0.640. The Morgan fingerprint density at radius 1 is 1.80 bits per heavy atom.